The predicted octanol–water partition coefficient (Wildman–Crippen LogP) is 1.67. The van der Waals surface area contributed by atoms with Crippen LogP contribution >= 0.6 is 0 Å². The molecule has 0 aliphatic carbocycles. The van der Waals surface area contributed by atoms with Crippen molar-refractivity contribution >= 4 is 11.8 Å². The Hall–Kier alpha value is -2.67. The van der Waals surface area contributed by atoms with Crippen molar-refractivity contribution in [1.29, 1.82) is 0 Å². The number of benzene rings is 1. The van der Waals surface area contributed by atoms with Crippen molar-refractivity contribution in [1.82, 2.24) is 15.4 Å². The van der Waals surface area contributed by atoms with Crippen LogP contribution in [0.4, 0.5) is 0 Å². The van der Waals surface area contributed by atoms with E-state index < -0.39 is 12.1 Å². The molecular weight excluding hydrogens is 322 g/mol. The Labute approximate surface area is 145 Å². The number of ether oxygens (including phenoxy) is 1. The maximum absolute atomic E-state index is 12.7. The van der Waals surface area contributed by atoms with Gasteiger partial charge >= 0.3 is 0 Å². The van der Waals surface area contributed by atoms with Crippen molar-refractivity contribution in [3.05, 3.63) is 53.9 Å². The van der Waals surface area contributed by atoms with Crippen LogP contribution in [0.15, 0.2) is 47.2 Å². The van der Waals surface area contributed by atoms with E-state index in [1.54, 1.807) is 11.0 Å². The zero-order valence-electron chi connectivity index (χ0n) is 14.2. The van der Waals surface area contributed by atoms with Gasteiger partial charge in [-0.25, -0.2) is 0 Å². The smallest absolute Gasteiger partial charge is 0.252 e. The first-order valence-corrected chi connectivity index (χ1v) is 8.22. The van der Waals surface area contributed by atoms with Gasteiger partial charge in [0.15, 0.2) is 6.10 Å². The molecular formula is C18H21N3O4. The minimum atomic E-state index is -0.783. The van der Waals surface area contributed by atoms with Gasteiger partial charge in [0.2, 0.25) is 5.91 Å². The molecule has 7 heteroatoms. The van der Waals surface area contributed by atoms with Gasteiger partial charge in [0.1, 0.15) is 18.6 Å². The highest BCUT2D eigenvalue weighted by atomic mass is 16.5. The lowest BCUT2D eigenvalue weighted by Crippen LogP contribution is -2.56. The van der Waals surface area contributed by atoms with Crippen LogP contribution in [-0.4, -0.2) is 40.6 Å². The molecule has 0 unspecified atom stereocenters. The van der Waals surface area contributed by atoms with Crippen molar-refractivity contribution in [2.24, 2.45) is 0 Å². The van der Waals surface area contributed by atoms with E-state index in [0.29, 0.717) is 5.69 Å². The molecule has 1 aliphatic heterocycles. The Morgan fingerprint density at radius 1 is 1.32 bits per heavy atom. The molecule has 7 nitrogen and oxygen atoms in total. The Balaban J connectivity index is 1.84. The van der Waals surface area contributed by atoms with E-state index in [4.69, 9.17) is 9.26 Å². The Morgan fingerprint density at radius 2 is 2.08 bits per heavy atom. The fourth-order valence-electron chi connectivity index (χ4n) is 3.05. The number of hydrogen-bond acceptors (Lipinski definition) is 5. The molecule has 2 heterocycles. The van der Waals surface area contributed by atoms with Gasteiger partial charge < -0.3 is 19.5 Å². The summed E-state index contributed by atoms with van der Waals surface area (Å²) in [6, 6.07) is 10.6. The predicted molar refractivity (Wildman–Crippen MR) is 89.3 cm³/mol. The summed E-state index contributed by atoms with van der Waals surface area (Å²) in [5.41, 5.74) is 1.49. The topological polar surface area (TPSA) is 84.7 Å². The maximum atomic E-state index is 12.7. The third-order valence-corrected chi connectivity index (χ3v) is 4.15. The number of aromatic nitrogens is 1. The number of nitrogens with zero attached hydrogens (tertiary/aromatic N) is 2. The summed E-state index contributed by atoms with van der Waals surface area (Å²) < 4.78 is 10.4. The Bertz CT molecular complexity index is 715. The lowest BCUT2D eigenvalue weighted by atomic mass is 9.96. The highest BCUT2D eigenvalue weighted by Crippen LogP contribution is 2.32. The highest BCUT2D eigenvalue weighted by Gasteiger charge is 2.42. The molecule has 1 fully saturated rings. The minimum Gasteiger partial charge on any atom is -0.364 e. The van der Waals surface area contributed by atoms with Crippen LogP contribution in [0.5, 0.6) is 0 Å². The van der Waals surface area contributed by atoms with Gasteiger partial charge in [0, 0.05) is 12.1 Å². The van der Waals surface area contributed by atoms with E-state index in [1.165, 1.54) is 6.26 Å². The molecule has 1 N–H and O–H groups in total. The molecule has 0 spiro atoms. The zero-order chi connectivity index (χ0) is 17.8. The van der Waals surface area contributed by atoms with Gasteiger partial charge in [-0.3, -0.25) is 9.59 Å². The lowest BCUT2D eigenvalue weighted by molar-refractivity contribution is -0.167. The van der Waals surface area contributed by atoms with Crippen LogP contribution in [0.25, 0.3) is 0 Å². The van der Waals surface area contributed by atoms with Crippen LogP contribution in [0, 0.1) is 0 Å². The monoisotopic (exact) mass is 343 g/mol. The van der Waals surface area contributed by atoms with E-state index in [2.05, 4.69) is 10.5 Å². The van der Waals surface area contributed by atoms with Gasteiger partial charge in [-0.1, -0.05) is 35.5 Å². The van der Waals surface area contributed by atoms with E-state index >= 15 is 0 Å². The van der Waals surface area contributed by atoms with Crippen molar-refractivity contribution in [3.8, 4) is 0 Å². The number of morpholine rings is 1. The van der Waals surface area contributed by atoms with Crippen LogP contribution in [0.2, 0.25) is 0 Å². The number of amides is 2. The molecule has 2 amide bonds. The normalized spacial score (nSPS) is 20.8. The van der Waals surface area contributed by atoms with Crippen molar-refractivity contribution < 1.29 is 18.8 Å². The number of carbonyl (C=O) groups excluding carboxylic acids is 2. The molecule has 0 saturated carbocycles. The average molecular weight is 343 g/mol. The summed E-state index contributed by atoms with van der Waals surface area (Å²) in [5.74, 6) is -0.403. The summed E-state index contributed by atoms with van der Waals surface area (Å²) in [5, 5.41) is 6.58. The molecule has 2 atom stereocenters. The first-order valence-electron chi connectivity index (χ1n) is 8.22. The molecule has 2 aromatic rings. The molecule has 3 rings (SSSR count). The quantitative estimate of drug-likeness (QED) is 0.893. The molecule has 1 saturated heterocycles. The summed E-state index contributed by atoms with van der Waals surface area (Å²) in [7, 11) is 0. The standard InChI is InChI=1S/C18H21N3O4/c1-12(2)21-15(22)11-24-17(16(21)13-6-4-3-5-7-13)18(23)19-10-14-8-9-25-20-14/h3-9,12,16-17H,10-11H2,1-2H3,(H,19,23)/t16-,17+/m1/s1. The summed E-state index contributed by atoms with van der Waals surface area (Å²) >= 11 is 0. The molecule has 0 radical (unpaired) electrons. The van der Waals surface area contributed by atoms with Crippen molar-refractivity contribution in [2.75, 3.05) is 6.61 Å². The number of rotatable bonds is 5. The molecule has 132 valence electrons. The summed E-state index contributed by atoms with van der Waals surface area (Å²) in [6.07, 6.45) is 0.666. The zero-order valence-corrected chi connectivity index (χ0v) is 14.2. The molecule has 0 bridgehead atoms. The van der Waals surface area contributed by atoms with Gasteiger partial charge in [-0.15, -0.1) is 0 Å². The van der Waals surface area contributed by atoms with Crippen molar-refractivity contribution in [2.45, 2.75) is 38.6 Å². The first-order chi connectivity index (χ1) is 12.1. The molecule has 1 aromatic carbocycles. The number of carbonyl (C=O) groups is 2. The second kappa shape index (κ2) is 7.48. The van der Waals surface area contributed by atoms with E-state index in [1.807, 2.05) is 44.2 Å². The number of hydrogen-bond donors (Lipinski definition) is 1. The SMILES string of the molecule is CC(C)N1C(=O)CO[C@H](C(=O)NCc2ccon2)[C@H]1c1ccccc1. The Kier molecular flexibility index (Phi) is 5.14. The third-order valence-electron chi connectivity index (χ3n) is 4.15. The largest absolute Gasteiger partial charge is 0.364 e. The lowest BCUT2D eigenvalue weighted by Gasteiger charge is -2.42. The van der Waals surface area contributed by atoms with Gasteiger partial charge in [0.25, 0.3) is 5.91 Å². The molecule has 25 heavy (non-hydrogen) atoms. The Morgan fingerprint density at radius 3 is 2.72 bits per heavy atom. The summed E-state index contributed by atoms with van der Waals surface area (Å²) in [6.45, 7) is 4.00. The van der Waals surface area contributed by atoms with Crippen LogP contribution in [-0.2, 0) is 20.9 Å². The second-order valence-electron chi connectivity index (χ2n) is 6.19. The van der Waals surface area contributed by atoms with E-state index in [0.717, 1.165) is 5.56 Å². The average Bonchev–Trinajstić information content (AvgIpc) is 3.13. The van der Waals surface area contributed by atoms with Crippen molar-refractivity contribution in [3.63, 3.8) is 0 Å². The number of nitrogens with one attached hydrogen (secondary N) is 1. The summed E-state index contributed by atoms with van der Waals surface area (Å²) in [4.78, 5) is 26.8. The first kappa shape index (κ1) is 17.2. The van der Waals surface area contributed by atoms with Crippen LogP contribution in [0.3, 0.4) is 0 Å². The minimum absolute atomic E-state index is 0.0487. The third kappa shape index (κ3) is 3.71. The fourth-order valence-corrected chi connectivity index (χ4v) is 3.05. The van der Waals surface area contributed by atoms with E-state index in [-0.39, 0.29) is 31.0 Å². The fraction of sp³-hybridized carbons (Fsp3) is 0.389. The van der Waals surface area contributed by atoms with Crippen LogP contribution < -0.4 is 5.32 Å². The van der Waals surface area contributed by atoms with Crippen LogP contribution in [0.1, 0.15) is 31.1 Å². The highest BCUT2D eigenvalue weighted by molar-refractivity contribution is 5.86. The molecule has 1 aromatic heterocycles. The van der Waals surface area contributed by atoms with Gasteiger partial charge in [0.05, 0.1) is 12.6 Å². The molecule has 1 aliphatic rings. The van der Waals surface area contributed by atoms with E-state index in [9.17, 15) is 9.59 Å². The van der Waals surface area contributed by atoms with Gasteiger partial charge in [-0.2, -0.15) is 0 Å². The second-order valence-corrected chi connectivity index (χ2v) is 6.19. The van der Waals surface area contributed by atoms with Gasteiger partial charge in [-0.05, 0) is 19.4 Å². The maximum Gasteiger partial charge on any atom is 0.252 e.